The molecular formula is C12H14FN3. The minimum Gasteiger partial charge on any atom is -0.367 e. The molecule has 1 aromatic carbocycles. The standard InChI is InChI=1S/C12H14FN3/c1-7-5-8(2)16-12(14-7)10-4-3-9(13)6-11(10)15-16/h3-4,6-8,14H,5H2,1-2H3. The van der Waals surface area contributed by atoms with E-state index in [4.69, 9.17) is 0 Å². The first-order chi connectivity index (χ1) is 7.65. The number of aromatic nitrogens is 2. The Morgan fingerprint density at radius 1 is 1.44 bits per heavy atom. The van der Waals surface area contributed by atoms with E-state index in [9.17, 15) is 4.39 Å². The molecule has 84 valence electrons. The first kappa shape index (κ1) is 9.63. The van der Waals surface area contributed by atoms with Crippen molar-refractivity contribution in [2.24, 2.45) is 0 Å². The number of rotatable bonds is 0. The highest BCUT2D eigenvalue weighted by atomic mass is 19.1. The lowest BCUT2D eigenvalue weighted by molar-refractivity contribution is 0.416. The van der Waals surface area contributed by atoms with Crippen LogP contribution >= 0.6 is 0 Å². The average molecular weight is 219 g/mol. The van der Waals surface area contributed by atoms with Gasteiger partial charge in [-0.1, -0.05) is 0 Å². The predicted octanol–water partition coefficient (Wildman–Crippen LogP) is 2.94. The van der Waals surface area contributed by atoms with E-state index in [0.29, 0.717) is 12.1 Å². The van der Waals surface area contributed by atoms with E-state index in [-0.39, 0.29) is 5.82 Å². The molecule has 0 aliphatic carbocycles. The maximum Gasteiger partial charge on any atom is 0.132 e. The van der Waals surface area contributed by atoms with Crippen LogP contribution in [0.5, 0.6) is 0 Å². The van der Waals surface area contributed by atoms with Gasteiger partial charge in [0.05, 0.1) is 11.6 Å². The third-order valence-electron chi connectivity index (χ3n) is 3.15. The van der Waals surface area contributed by atoms with Crippen molar-refractivity contribution < 1.29 is 4.39 Å². The van der Waals surface area contributed by atoms with Crippen LogP contribution in [-0.4, -0.2) is 15.8 Å². The number of benzene rings is 1. The number of fused-ring (bicyclic) bond motifs is 3. The summed E-state index contributed by atoms with van der Waals surface area (Å²) in [5, 5.41) is 8.85. The topological polar surface area (TPSA) is 29.9 Å². The molecule has 0 radical (unpaired) electrons. The highest BCUT2D eigenvalue weighted by Gasteiger charge is 2.23. The number of anilines is 1. The molecule has 1 aromatic heterocycles. The van der Waals surface area contributed by atoms with Gasteiger partial charge in [0.15, 0.2) is 0 Å². The SMILES string of the molecule is CC1CC(C)n2nc3cc(F)ccc3c2N1. The molecule has 0 bridgehead atoms. The van der Waals surface area contributed by atoms with Gasteiger partial charge in [-0.2, -0.15) is 5.10 Å². The summed E-state index contributed by atoms with van der Waals surface area (Å²) in [5.41, 5.74) is 0.725. The van der Waals surface area contributed by atoms with E-state index in [1.165, 1.54) is 12.1 Å². The molecule has 3 rings (SSSR count). The summed E-state index contributed by atoms with van der Waals surface area (Å²) in [4.78, 5) is 0. The predicted molar refractivity (Wildman–Crippen MR) is 62.1 cm³/mol. The van der Waals surface area contributed by atoms with Gasteiger partial charge in [-0.05, 0) is 32.4 Å². The van der Waals surface area contributed by atoms with Gasteiger partial charge in [-0.25, -0.2) is 9.07 Å². The van der Waals surface area contributed by atoms with Crippen molar-refractivity contribution in [3.8, 4) is 0 Å². The number of hydrogen-bond acceptors (Lipinski definition) is 2. The molecule has 1 aliphatic rings. The summed E-state index contributed by atoms with van der Waals surface area (Å²) in [6.07, 6.45) is 1.05. The summed E-state index contributed by atoms with van der Waals surface area (Å²) >= 11 is 0. The lowest BCUT2D eigenvalue weighted by Crippen LogP contribution is -2.28. The lowest BCUT2D eigenvalue weighted by atomic mass is 10.1. The van der Waals surface area contributed by atoms with Crippen LogP contribution in [0, 0.1) is 5.82 Å². The van der Waals surface area contributed by atoms with Gasteiger partial charge in [0.25, 0.3) is 0 Å². The van der Waals surface area contributed by atoms with E-state index in [1.54, 1.807) is 6.07 Å². The Kier molecular flexibility index (Phi) is 1.93. The first-order valence-electron chi connectivity index (χ1n) is 5.59. The zero-order valence-corrected chi connectivity index (χ0v) is 9.37. The van der Waals surface area contributed by atoms with E-state index < -0.39 is 0 Å². The zero-order valence-electron chi connectivity index (χ0n) is 9.37. The van der Waals surface area contributed by atoms with Gasteiger partial charge in [0, 0.05) is 17.5 Å². The van der Waals surface area contributed by atoms with Gasteiger partial charge in [-0.3, -0.25) is 0 Å². The number of halogens is 1. The number of nitrogens with one attached hydrogen (secondary N) is 1. The Balaban J connectivity index is 2.26. The van der Waals surface area contributed by atoms with Crippen molar-refractivity contribution in [2.45, 2.75) is 32.4 Å². The van der Waals surface area contributed by atoms with Gasteiger partial charge < -0.3 is 5.32 Å². The second kappa shape index (κ2) is 3.20. The third-order valence-corrected chi connectivity index (χ3v) is 3.15. The summed E-state index contributed by atoms with van der Waals surface area (Å²) in [7, 11) is 0. The van der Waals surface area contributed by atoms with Crippen LogP contribution in [-0.2, 0) is 0 Å². The van der Waals surface area contributed by atoms with E-state index in [0.717, 1.165) is 23.1 Å². The molecule has 2 aromatic rings. The molecule has 0 saturated heterocycles. The Hall–Kier alpha value is -1.58. The van der Waals surface area contributed by atoms with Crippen LogP contribution in [0.1, 0.15) is 26.3 Å². The molecule has 1 aliphatic heterocycles. The van der Waals surface area contributed by atoms with Crippen molar-refractivity contribution in [3.05, 3.63) is 24.0 Å². The highest BCUT2D eigenvalue weighted by Crippen LogP contribution is 2.32. The molecule has 2 heterocycles. The monoisotopic (exact) mass is 219 g/mol. The van der Waals surface area contributed by atoms with Gasteiger partial charge >= 0.3 is 0 Å². The second-order valence-electron chi connectivity index (χ2n) is 4.58. The van der Waals surface area contributed by atoms with Crippen LogP contribution in [0.25, 0.3) is 10.9 Å². The van der Waals surface area contributed by atoms with Crippen LogP contribution in [0.4, 0.5) is 10.2 Å². The molecule has 16 heavy (non-hydrogen) atoms. The van der Waals surface area contributed by atoms with Crippen molar-refractivity contribution in [1.29, 1.82) is 0 Å². The Labute approximate surface area is 93.3 Å². The minimum absolute atomic E-state index is 0.233. The minimum atomic E-state index is -0.233. The molecule has 2 unspecified atom stereocenters. The highest BCUT2D eigenvalue weighted by molar-refractivity contribution is 5.90. The summed E-state index contributed by atoms with van der Waals surface area (Å²) in [5.74, 6) is 0.782. The Bertz CT molecular complexity index is 546. The summed E-state index contributed by atoms with van der Waals surface area (Å²) < 4.78 is 15.1. The molecule has 0 fully saturated rings. The van der Waals surface area contributed by atoms with E-state index in [1.807, 2.05) is 4.68 Å². The Morgan fingerprint density at radius 3 is 3.06 bits per heavy atom. The molecular weight excluding hydrogens is 205 g/mol. The molecule has 2 atom stereocenters. The maximum absolute atomic E-state index is 13.1. The Morgan fingerprint density at radius 2 is 2.25 bits per heavy atom. The smallest absolute Gasteiger partial charge is 0.132 e. The van der Waals surface area contributed by atoms with E-state index in [2.05, 4.69) is 24.3 Å². The molecule has 4 heteroatoms. The molecule has 0 amide bonds. The van der Waals surface area contributed by atoms with E-state index >= 15 is 0 Å². The van der Waals surface area contributed by atoms with Crippen LogP contribution in [0.2, 0.25) is 0 Å². The van der Waals surface area contributed by atoms with Crippen molar-refractivity contribution in [1.82, 2.24) is 9.78 Å². The molecule has 3 nitrogen and oxygen atoms in total. The molecule has 0 saturated carbocycles. The third kappa shape index (κ3) is 1.29. The second-order valence-corrected chi connectivity index (χ2v) is 4.58. The number of hydrogen-bond donors (Lipinski definition) is 1. The fourth-order valence-corrected chi connectivity index (χ4v) is 2.44. The van der Waals surface area contributed by atoms with Crippen molar-refractivity contribution in [2.75, 3.05) is 5.32 Å². The van der Waals surface area contributed by atoms with Crippen LogP contribution < -0.4 is 5.32 Å². The van der Waals surface area contributed by atoms with Gasteiger partial charge in [0.1, 0.15) is 11.6 Å². The molecule has 1 N–H and O–H groups in total. The van der Waals surface area contributed by atoms with Crippen LogP contribution in [0.3, 0.4) is 0 Å². The van der Waals surface area contributed by atoms with Crippen molar-refractivity contribution in [3.63, 3.8) is 0 Å². The van der Waals surface area contributed by atoms with Crippen molar-refractivity contribution >= 4 is 16.7 Å². The fraction of sp³-hybridized carbons (Fsp3) is 0.417. The van der Waals surface area contributed by atoms with Gasteiger partial charge in [-0.15, -0.1) is 0 Å². The zero-order chi connectivity index (χ0) is 11.3. The lowest BCUT2D eigenvalue weighted by Gasteiger charge is -2.28. The fourth-order valence-electron chi connectivity index (χ4n) is 2.44. The van der Waals surface area contributed by atoms with Gasteiger partial charge in [0.2, 0.25) is 0 Å². The first-order valence-corrected chi connectivity index (χ1v) is 5.59. The number of nitrogens with zero attached hydrogens (tertiary/aromatic N) is 2. The largest absolute Gasteiger partial charge is 0.367 e. The van der Waals surface area contributed by atoms with Crippen LogP contribution in [0.15, 0.2) is 18.2 Å². The summed E-state index contributed by atoms with van der Waals surface area (Å²) in [6, 6.07) is 5.56. The molecule has 0 spiro atoms. The maximum atomic E-state index is 13.1. The average Bonchev–Trinajstić information content (AvgIpc) is 2.56. The normalized spacial score (nSPS) is 24.2. The quantitative estimate of drug-likeness (QED) is 0.738. The summed E-state index contributed by atoms with van der Waals surface area (Å²) in [6.45, 7) is 4.30.